The first-order valence-corrected chi connectivity index (χ1v) is 7.31. The van der Waals surface area contributed by atoms with Crippen LogP contribution in [0, 0.1) is 0 Å². The molecule has 0 saturated heterocycles. The highest BCUT2D eigenvalue weighted by Crippen LogP contribution is 2.22. The minimum Gasteiger partial charge on any atom is -0.394 e. The zero-order chi connectivity index (χ0) is 15.5. The number of carbonyl (C=O) groups is 1. The second-order valence-electron chi connectivity index (χ2n) is 5.12. The molecular formula is C14H16ClN5O2. The van der Waals surface area contributed by atoms with E-state index in [1.54, 1.807) is 23.0 Å². The Morgan fingerprint density at radius 3 is 2.95 bits per heavy atom. The summed E-state index contributed by atoms with van der Waals surface area (Å²) in [4.78, 5) is 18.1. The number of aromatic nitrogens is 3. The average Bonchev–Trinajstić information content (AvgIpc) is 3.03. The number of amides is 1. The van der Waals surface area contributed by atoms with Crippen LogP contribution in [0.3, 0.4) is 0 Å². The number of pyridine rings is 1. The van der Waals surface area contributed by atoms with E-state index in [0.717, 1.165) is 11.3 Å². The zero-order valence-corrected chi connectivity index (χ0v) is 12.6. The molecule has 0 bridgehead atoms. The molecule has 3 heterocycles. The molecule has 7 nitrogen and oxygen atoms in total. The van der Waals surface area contributed by atoms with Crippen LogP contribution in [0.1, 0.15) is 11.3 Å². The largest absolute Gasteiger partial charge is 0.394 e. The first-order chi connectivity index (χ1) is 10.7. The van der Waals surface area contributed by atoms with E-state index < -0.39 is 0 Å². The summed E-state index contributed by atoms with van der Waals surface area (Å²) in [5, 5.41) is 16.5. The lowest BCUT2D eigenvalue weighted by atomic mass is 10.3. The molecule has 1 aliphatic rings. The van der Waals surface area contributed by atoms with Gasteiger partial charge in [0.2, 0.25) is 5.91 Å². The van der Waals surface area contributed by atoms with Gasteiger partial charge in [-0.05, 0) is 12.1 Å². The van der Waals surface area contributed by atoms with E-state index >= 15 is 0 Å². The number of rotatable bonds is 5. The van der Waals surface area contributed by atoms with Crippen molar-refractivity contribution in [2.24, 2.45) is 0 Å². The van der Waals surface area contributed by atoms with E-state index in [1.165, 1.54) is 6.20 Å². The molecule has 0 saturated carbocycles. The van der Waals surface area contributed by atoms with Gasteiger partial charge in [0.05, 0.1) is 36.6 Å². The van der Waals surface area contributed by atoms with Crippen molar-refractivity contribution in [3.05, 3.63) is 40.8 Å². The second kappa shape index (κ2) is 6.43. The molecular weight excluding hydrogens is 306 g/mol. The fraction of sp³-hybridized carbons (Fsp3) is 0.357. The number of carbonyl (C=O) groups excluding carboxylic acids is 1. The summed E-state index contributed by atoms with van der Waals surface area (Å²) >= 11 is 5.76. The molecule has 0 spiro atoms. The van der Waals surface area contributed by atoms with Crippen LogP contribution in [0.5, 0.6) is 0 Å². The smallest absolute Gasteiger partial charge is 0.239 e. The van der Waals surface area contributed by atoms with Gasteiger partial charge in [-0.25, -0.2) is 4.98 Å². The molecule has 1 aliphatic heterocycles. The maximum absolute atomic E-state index is 12.0. The molecule has 0 aromatic carbocycles. The Labute approximate surface area is 132 Å². The van der Waals surface area contributed by atoms with Crippen LogP contribution in [-0.4, -0.2) is 43.8 Å². The van der Waals surface area contributed by atoms with Gasteiger partial charge in [-0.1, -0.05) is 11.6 Å². The predicted octanol–water partition coefficient (Wildman–Crippen LogP) is 0.878. The number of fused-ring (bicyclic) bond motifs is 1. The summed E-state index contributed by atoms with van der Waals surface area (Å²) in [6.07, 6.45) is 3.29. The molecule has 0 radical (unpaired) electrons. The van der Waals surface area contributed by atoms with Gasteiger partial charge in [-0.3, -0.25) is 14.4 Å². The first-order valence-electron chi connectivity index (χ1n) is 6.94. The van der Waals surface area contributed by atoms with Crippen molar-refractivity contribution in [3.8, 4) is 0 Å². The third-order valence-electron chi connectivity index (χ3n) is 3.48. The average molecular weight is 322 g/mol. The number of nitrogens with zero attached hydrogens (tertiary/aromatic N) is 4. The van der Waals surface area contributed by atoms with Crippen molar-refractivity contribution < 1.29 is 9.90 Å². The summed E-state index contributed by atoms with van der Waals surface area (Å²) in [7, 11) is 0. The van der Waals surface area contributed by atoms with Gasteiger partial charge in [0.15, 0.2) is 0 Å². The molecule has 8 heteroatoms. The third kappa shape index (κ3) is 3.27. The Morgan fingerprint density at radius 1 is 1.36 bits per heavy atom. The molecule has 0 fully saturated rings. The number of aliphatic hydroxyl groups excluding tert-OH is 1. The molecule has 2 aromatic heterocycles. The summed E-state index contributed by atoms with van der Waals surface area (Å²) in [6, 6.07) is 3.34. The number of anilines is 1. The van der Waals surface area contributed by atoms with Crippen molar-refractivity contribution in [1.82, 2.24) is 19.7 Å². The molecule has 0 atom stereocenters. The van der Waals surface area contributed by atoms with E-state index in [1.807, 2.05) is 4.90 Å². The predicted molar refractivity (Wildman–Crippen MR) is 81.3 cm³/mol. The van der Waals surface area contributed by atoms with Crippen molar-refractivity contribution in [2.75, 3.05) is 18.5 Å². The highest BCUT2D eigenvalue weighted by Gasteiger charge is 2.24. The number of nitrogens with one attached hydrogen (secondary N) is 1. The molecule has 3 rings (SSSR count). The minimum atomic E-state index is -0.123. The van der Waals surface area contributed by atoms with Gasteiger partial charge >= 0.3 is 0 Å². The Balaban J connectivity index is 1.56. The lowest BCUT2D eigenvalue weighted by molar-refractivity contribution is -0.117. The molecule has 116 valence electrons. The lowest BCUT2D eigenvalue weighted by Crippen LogP contribution is -2.30. The van der Waals surface area contributed by atoms with E-state index in [9.17, 15) is 4.79 Å². The number of hydrogen-bond acceptors (Lipinski definition) is 5. The lowest BCUT2D eigenvalue weighted by Gasteiger charge is -2.15. The van der Waals surface area contributed by atoms with Crippen molar-refractivity contribution in [1.29, 1.82) is 0 Å². The van der Waals surface area contributed by atoms with Gasteiger partial charge in [0.25, 0.3) is 0 Å². The quantitative estimate of drug-likeness (QED) is 0.854. The van der Waals surface area contributed by atoms with Gasteiger partial charge in [0.1, 0.15) is 5.82 Å². The fourth-order valence-electron chi connectivity index (χ4n) is 2.51. The van der Waals surface area contributed by atoms with Crippen molar-refractivity contribution in [2.45, 2.75) is 19.6 Å². The van der Waals surface area contributed by atoms with Gasteiger partial charge in [-0.2, -0.15) is 5.10 Å². The first kappa shape index (κ1) is 15.0. The highest BCUT2D eigenvalue weighted by atomic mass is 35.5. The van der Waals surface area contributed by atoms with Gasteiger partial charge in [0, 0.05) is 24.8 Å². The molecule has 0 aliphatic carbocycles. The monoisotopic (exact) mass is 321 g/mol. The third-order valence-corrected chi connectivity index (χ3v) is 3.70. The van der Waals surface area contributed by atoms with E-state index in [2.05, 4.69) is 15.4 Å². The van der Waals surface area contributed by atoms with Gasteiger partial charge < -0.3 is 10.4 Å². The maximum Gasteiger partial charge on any atom is 0.239 e. The van der Waals surface area contributed by atoms with Crippen LogP contribution in [-0.2, 0) is 24.4 Å². The zero-order valence-electron chi connectivity index (χ0n) is 11.9. The van der Waals surface area contributed by atoms with Crippen molar-refractivity contribution >= 4 is 23.3 Å². The van der Waals surface area contributed by atoms with Crippen LogP contribution in [0.4, 0.5) is 5.82 Å². The summed E-state index contributed by atoms with van der Waals surface area (Å²) in [5.41, 5.74) is 2.16. The Bertz CT molecular complexity index is 670. The molecule has 1 amide bonds. The van der Waals surface area contributed by atoms with E-state index in [4.69, 9.17) is 16.7 Å². The molecule has 0 unspecified atom stereocenters. The standard InChI is InChI=1S/C14H16ClN5O2/c15-11-1-2-13(16-6-11)18-14(22)9-19-7-10-5-17-20(3-4-21)12(10)8-19/h1-2,5-6,21H,3-4,7-9H2,(H,16,18,22). The fourth-order valence-corrected chi connectivity index (χ4v) is 2.62. The van der Waals surface area contributed by atoms with Crippen LogP contribution >= 0.6 is 11.6 Å². The topological polar surface area (TPSA) is 83.3 Å². The van der Waals surface area contributed by atoms with Crippen molar-refractivity contribution in [3.63, 3.8) is 0 Å². The highest BCUT2D eigenvalue weighted by molar-refractivity contribution is 6.30. The number of halogens is 1. The van der Waals surface area contributed by atoms with Crippen LogP contribution < -0.4 is 5.32 Å². The number of hydrogen-bond donors (Lipinski definition) is 2. The molecule has 2 N–H and O–H groups in total. The Morgan fingerprint density at radius 2 is 2.23 bits per heavy atom. The normalized spacial score (nSPS) is 14.1. The maximum atomic E-state index is 12.0. The molecule has 22 heavy (non-hydrogen) atoms. The van der Waals surface area contributed by atoms with Gasteiger partial charge in [-0.15, -0.1) is 0 Å². The van der Waals surface area contributed by atoms with E-state index in [0.29, 0.717) is 30.5 Å². The Hall–Kier alpha value is -1.96. The second-order valence-corrected chi connectivity index (χ2v) is 5.55. The van der Waals surface area contributed by atoms with Crippen LogP contribution in [0.2, 0.25) is 5.02 Å². The molecule has 2 aromatic rings. The van der Waals surface area contributed by atoms with E-state index in [-0.39, 0.29) is 19.1 Å². The number of aliphatic hydroxyl groups is 1. The minimum absolute atomic E-state index is 0.0524. The Kier molecular flexibility index (Phi) is 4.37. The van der Waals surface area contributed by atoms with Crippen LogP contribution in [0.25, 0.3) is 0 Å². The summed E-state index contributed by atoms with van der Waals surface area (Å²) in [5.74, 6) is 0.360. The van der Waals surface area contributed by atoms with Crippen LogP contribution in [0.15, 0.2) is 24.5 Å². The summed E-state index contributed by atoms with van der Waals surface area (Å²) in [6.45, 7) is 2.14. The SMILES string of the molecule is O=C(CN1Cc2cnn(CCO)c2C1)Nc1ccc(Cl)cn1. The summed E-state index contributed by atoms with van der Waals surface area (Å²) < 4.78 is 1.79.